The number of furan rings is 1. The molecule has 178 valence electrons. The first-order chi connectivity index (χ1) is 15.3. The van der Waals surface area contributed by atoms with Crippen molar-refractivity contribution in [2.75, 3.05) is 13.1 Å². The van der Waals surface area contributed by atoms with Crippen LogP contribution in [0.5, 0.6) is 0 Å². The normalized spacial score (nSPS) is 19.5. The summed E-state index contributed by atoms with van der Waals surface area (Å²) in [5.41, 5.74) is 1.23. The van der Waals surface area contributed by atoms with Crippen LogP contribution in [-0.2, 0) is 10.0 Å². The molecule has 3 rings (SSSR count). The third-order valence-corrected chi connectivity index (χ3v) is 8.52. The minimum atomic E-state index is -3.60. The molecule has 1 aromatic carbocycles. The number of nitrogens with zero attached hydrogens (tertiary/aromatic N) is 1. The summed E-state index contributed by atoms with van der Waals surface area (Å²) >= 11 is 0. The van der Waals surface area contributed by atoms with Crippen LogP contribution in [0.2, 0.25) is 0 Å². The van der Waals surface area contributed by atoms with E-state index in [1.807, 2.05) is 6.92 Å². The van der Waals surface area contributed by atoms with Gasteiger partial charge in [0.15, 0.2) is 5.76 Å². The van der Waals surface area contributed by atoms with Crippen LogP contribution in [0.1, 0.15) is 88.3 Å². The van der Waals surface area contributed by atoms with Crippen molar-refractivity contribution < 1.29 is 17.6 Å². The van der Waals surface area contributed by atoms with E-state index in [-0.39, 0.29) is 22.6 Å². The highest BCUT2D eigenvalue weighted by Crippen LogP contribution is 2.30. The van der Waals surface area contributed by atoms with E-state index in [0.29, 0.717) is 35.5 Å². The summed E-state index contributed by atoms with van der Waals surface area (Å²) in [7, 11) is -3.60. The monoisotopic (exact) mass is 462 g/mol. The molecule has 0 saturated heterocycles. The van der Waals surface area contributed by atoms with Gasteiger partial charge in [0.1, 0.15) is 5.58 Å². The molecule has 32 heavy (non-hydrogen) atoms. The van der Waals surface area contributed by atoms with Crippen molar-refractivity contribution in [1.29, 1.82) is 0 Å². The first kappa shape index (κ1) is 24.8. The van der Waals surface area contributed by atoms with Crippen LogP contribution in [0.3, 0.4) is 0 Å². The van der Waals surface area contributed by atoms with Gasteiger partial charge in [-0.25, -0.2) is 8.42 Å². The summed E-state index contributed by atoms with van der Waals surface area (Å²) in [6.45, 7) is 9.24. The number of hydrogen-bond donors (Lipinski definition) is 1. The quantitative estimate of drug-likeness (QED) is 0.495. The van der Waals surface area contributed by atoms with Gasteiger partial charge in [-0.3, -0.25) is 4.79 Å². The molecule has 1 N–H and O–H groups in total. The number of benzene rings is 1. The lowest BCUT2D eigenvalue weighted by atomic mass is 9.87. The van der Waals surface area contributed by atoms with Crippen molar-refractivity contribution in [2.45, 2.75) is 90.0 Å². The van der Waals surface area contributed by atoms with Crippen LogP contribution in [-0.4, -0.2) is 37.8 Å². The van der Waals surface area contributed by atoms with Gasteiger partial charge in [-0.15, -0.1) is 0 Å². The molecule has 0 radical (unpaired) electrons. The van der Waals surface area contributed by atoms with Gasteiger partial charge in [-0.1, -0.05) is 33.6 Å². The summed E-state index contributed by atoms with van der Waals surface area (Å²) in [5.74, 6) is 0.780. The van der Waals surface area contributed by atoms with Crippen molar-refractivity contribution in [3.05, 3.63) is 29.5 Å². The summed E-state index contributed by atoms with van der Waals surface area (Å²) in [4.78, 5) is 13.1. The Morgan fingerprint density at radius 1 is 1.09 bits per heavy atom. The van der Waals surface area contributed by atoms with Crippen molar-refractivity contribution in [2.24, 2.45) is 5.92 Å². The van der Waals surface area contributed by atoms with Crippen molar-refractivity contribution in [3.63, 3.8) is 0 Å². The van der Waals surface area contributed by atoms with Gasteiger partial charge in [-0.2, -0.15) is 4.31 Å². The molecule has 0 aliphatic heterocycles. The zero-order chi connectivity index (χ0) is 23.3. The summed E-state index contributed by atoms with van der Waals surface area (Å²) in [6.07, 6.45) is 7.77. The number of nitrogens with one attached hydrogen (secondary N) is 1. The van der Waals surface area contributed by atoms with E-state index in [1.54, 1.807) is 22.5 Å². The van der Waals surface area contributed by atoms with Crippen LogP contribution in [0, 0.1) is 12.8 Å². The number of hydrogen-bond acceptors (Lipinski definition) is 4. The van der Waals surface area contributed by atoms with E-state index in [9.17, 15) is 13.2 Å². The summed E-state index contributed by atoms with van der Waals surface area (Å²) < 4.78 is 34.1. The second-order valence-electron chi connectivity index (χ2n) is 9.26. The number of sulfonamides is 1. The van der Waals surface area contributed by atoms with E-state index in [1.165, 1.54) is 0 Å². The third kappa shape index (κ3) is 5.54. The Balaban J connectivity index is 1.85. The summed E-state index contributed by atoms with van der Waals surface area (Å²) in [6, 6.07) is 5.10. The molecule has 1 aromatic heterocycles. The highest BCUT2D eigenvalue weighted by Gasteiger charge is 2.27. The van der Waals surface area contributed by atoms with Crippen molar-refractivity contribution in [3.8, 4) is 0 Å². The zero-order valence-corrected chi connectivity index (χ0v) is 20.8. The molecule has 2 aromatic rings. The molecular weight excluding hydrogens is 424 g/mol. The second kappa shape index (κ2) is 10.8. The largest absolute Gasteiger partial charge is 0.451 e. The first-order valence-electron chi connectivity index (χ1n) is 12.1. The molecule has 0 unspecified atom stereocenters. The molecule has 0 bridgehead atoms. The van der Waals surface area contributed by atoms with Crippen LogP contribution < -0.4 is 5.32 Å². The van der Waals surface area contributed by atoms with E-state index in [4.69, 9.17) is 4.42 Å². The molecule has 0 atom stereocenters. The zero-order valence-electron chi connectivity index (χ0n) is 19.9. The number of rotatable bonds is 10. The Hall–Kier alpha value is -1.86. The van der Waals surface area contributed by atoms with Crippen LogP contribution >= 0.6 is 0 Å². The lowest BCUT2D eigenvalue weighted by molar-refractivity contribution is 0.0896. The average molecular weight is 463 g/mol. The molecule has 1 aliphatic carbocycles. The fraction of sp³-hybridized carbons (Fsp3) is 0.640. The van der Waals surface area contributed by atoms with E-state index < -0.39 is 10.0 Å². The smallest absolute Gasteiger partial charge is 0.287 e. The number of unbranched alkanes of at least 4 members (excludes halogenated alkanes) is 2. The van der Waals surface area contributed by atoms with Gasteiger partial charge in [0.05, 0.1) is 4.90 Å². The molecule has 1 aliphatic rings. The van der Waals surface area contributed by atoms with Gasteiger partial charge in [-0.05, 0) is 69.6 Å². The predicted molar refractivity (Wildman–Crippen MR) is 128 cm³/mol. The van der Waals surface area contributed by atoms with Crippen molar-refractivity contribution in [1.82, 2.24) is 9.62 Å². The Morgan fingerprint density at radius 2 is 1.72 bits per heavy atom. The molecule has 7 heteroatoms. The maximum atomic E-state index is 13.3. The molecular formula is C25H38N2O4S. The molecule has 1 saturated carbocycles. The second-order valence-corrected chi connectivity index (χ2v) is 11.2. The van der Waals surface area contributed by atoms with E-state index in [0.717, 1.165) is 51.4 Å². The number of fused-ring (bicyclic) bond motifs is 1. The summed E-state index contributed by atoms with van der Waals surface area (Å²) in [5, 5.41) is 3.79. The fourth-order valence-corrected chi connectivity index (χ4v) is 5.95. The third-order valence-electron chi connectivity index (χ3n) is 6.62. The van der Waals surface area contributed by atoms with Crippen LogP contribution in [0.4, 0.5) is 0 Å². The molecule has 1 amide bonds. The van der Waals surface area contributed by atoms with Gasteiger partial charge in [0.25, 0.3) is 5.91 Å². The maximum Gasteiger partial charge on any atom is 0.287 e. The Bertz CT molecular complexity index is 1010. The van der Waals surface area contributed by atoms with E-state index >= 15 is 0 Å². The minimum Gasteiger partial charge on any atom is -0.451 e. The topological polar surface area (TPSA) is 79.6 Å². The average Bonchev–Trinajstić information content (AvgIpc) is 3.11. The number of amides is 1. The SMILES string of the molecule is CCCCN(CCCC)S(=O)(=O)c1ccc2oc(C(=O)NC3CCC(C)CC3)c(C)c2c1. The van der Waals surface area contributed by atoms with Gasteiger partial charge >= 0.3 is 0 Å². The van der Waals surface area contributed by atoms with Gasteiger partial charge < -0.3 is 9.73 Å². The predicted octanol–water partition coefficient (Wildman–Crippen LogP) is 5.64. The highest BCUT2D eigenvalue weighted by molar-refractivity contribution is 7.89. The highest BCUT2D eigenvalue weighted by atomic mass is 32.2. The Kier molecular flexibility index (Phi) is 8.39. The van der Waals surface area contributed by atoms with Crippen LogP contribution in [0.25, 0.3) is 11.0 Å². The number of carbonyl (C=O) groups excluding carboxylic acids is 1. The minimum absolute atomic E-state index is 0.174. The first-order valence-corrected chi connectivity index (χ1v) is 13.6. The Morgan fingerprint density at radius 3 is 2.31 bits per heavy atom. The molecule has 1 heterocycles. The van der Waals surface area contributed by atoms with Crippen molar-refractivity contribution >= 4 is 26.9 Å². The van der Waals surface area contributed by atoms with E-state index in [2.05, 4.69) is 26.1 Å². The lowest BCUT2D eigenvalue weighted by Gasteiger charge is -2.26. The molecule has 0 spiro atoms. The number of carbonyl (C=O) groups is 1. The fourth-order valence-electron chi connectivity index (χ4n) is 4.40. The standard InChI is InChI=1S/C25H38N2O4S/c1-5-7-15-27(16-8-6-2)32(29,30)21-13-14-23-22(17-21)19(4)24(31-23)25(28)26-20-11-9-18(3)10-12-20/h13-14,17-18,20H,5-12,15-16H2,1-4H3,(H,26,28). The van der Waals surface area contributed by atoms with Crippen LogP contribution in [0.15, 0.2) is 27.5 Å². The maximum absolute atomic E-state index is 13.3. The molecule has 1 fully saturated rings. The van der Waals surface area contributed by atoms with Gasteiger partial charge in [0.2, 0.25) is 10.0 Å². The Labute approximate surface area is 192 Å². The van der Waals surface area contributed by atoms with Gasteiger partial charge in [0, 0.05) is 30.1 Å². The lowest BCUT2D eigenvalue weighted by Crippen LogP contribution is -2.37. The number of aryl methyl sites for hydroxylation is 1. The molecule has 6 nitrogen and oxygen atoms in total.